The summed E-state index contributed by atoms with van der Waals surface area (Å²) in [6.45, 7) is 4.76. The summed E-state index contributed by atoms with van der Waals surface area (Å²) in [7, 11) is 0. The highest BCUT2D eigenvalue weighted by molar-refractivity contribution is 6.01. The van der Waals surface area contributed by atoms with Crippen LogP contribution in [0.4, 0.5) is 0 Å². The maximum absolute atomic E-state index is 11.8. The smallest absolute Gasteiger partial charge is 0.261 e. The predicted molar refractivity (Wildman–Crippen MR) is 77.3 cm³/mol. The molecule has 0 aliphatic carbocycles. The van der Waals surface area contributed by atoms with Crippen LogP contribution in [0.3, 0.4) is 0 Å². The van der Waals surface area contributed by atoms with Gasteiger partial charge in [0.25, 0.3) is 5.91 Å². The third-order valence-electron chi connectivity index (χ3n) is 2.88. The highest BCUT2D eigenvalue weighted by atomic mass is 16.1. The van der Waals surface area contributed by atoms with E-state index >= 15 is 0 Å². The molecule has 100 valence electrons. The van der Waals surface area contributed by atoms with Crippen molar-refractivity contribution in [1.82, 2.24) is 5.32 Å². The molecule has 3 heteroatoms. The van der Waals surface area contributed by atoms with Crippen LogP contribution in [0, 0.1) is 11.3 Å². The SMILES string of the molecule is CCCCNC(=O)/C(C#N)=C/c1ccc(CC)cc1. The molecule has 0 atom stereocenters. The van der Waals surface area contributed by atoms with Crippen molar-refractivity contribution in [2.24, 2.45) is 0 Å². The van der Waals surface area contributed by atoms with E-state index in [4.69, 9.17) is 5.26 Å². The lowest BCUT2D eigenvalue weighted by molar-refractivity contribution is -0.117. The first-order chi connectivity index (χ1) is 9.21. The van der Waals surface area contributed by atoms with Gasteiger partial charge in [0, 0.05) is 6.54 Å². The van der Waals surface area contributed by atoms with Crippen LogP contribution < -0.4 is 5.32 Å². The van der Waals surface area contributed by atoms with E-state index < -0.39 is 0 Å². The van der Waals surface area contributed by atoms with E-state index in [-0.39, 0.29) is 11.5 Å². The van der Waals surface area contributed by atoms with Crippen molar-refractivity contribution >= 4 is 12.0 Å². The summed E-state index contributed by atoms with van der Waals surface area (Å²) in [6, 6.07) is 9.83. The molecule has 0 unspecified atom stereocenters. The van der Waals surface area contributed by atoms with E-state index in [9.17, 15) is 4.79 Å². The van der Waals surface area contributed by atoms with Gasteiger partial charge in [-0.2, -0.15) is 5.26 Å². The molecule has 0 aliphatic rings. The molecule has 0 fully saturated rings. The van der Waals surface area contributed by atoms with Crippen LogP contribution in [0.2, 0.25) is 0 Å². The van der Waals surface area contributed by atoms with Crippen LogP contribution in [0.25, 0.3) is 6.08 Å². The van der Waals surface area contributed by atoms with Gasteiger partial charge in [-0.05, 0) is 30.0 Å². The quantitative estimate of drug-likeness (QED) is 0.483. The molecule has 19 heavy (non-hydrogen) atoms. The van der Waals surface area contributed by atoms with Gasteiger partial charge in [0.15, 0.2) is 0 Å². The minimum absolute atomic E-state index is 0.153. The molecule has 0 bridgehead atoms. The number of carbonyl (C=O) groups excluding carboxylic acids is 1. The lowest BCUT2D eigenvalue weighted by atomic mass is 10.1. The summed E-state index contributed by atoms with van der Waals surface area (Å²) in [5, 5.41) is 11.8. The van der Waals surface area contributed by atoms with E-state index in [0.29, 0.717) is 6.54 Å². The third-order valence-corrected chi connectivity index (χ3v) is 2.88. The summed E-state index contributed by atoms with van der Waals surface area (Å²) in [4.78, 5) is 11.8. The summed E-state index contributed by atoms with van der Waals surface area (Å²) < 4.78 is 0. The van der Waals surface area contributed by atoms with Crippen molar-refractivity contribution in [2.75, 3.05) is 6.54 Å². The number of aryl methyl sites for hydroxylation is 1. The predicted octanol–water partition coefficient (Wildman–Crippen LogP) is 3.07. The monoisotopic (exact) mass is 256 g/mol. The van der Waals surface area contributed by atoms with Crippen LogP contribution in [0.5, 0.6) is 0 Å². The molecule has 3 nitrogen and oxygen atoms in total. The Hall–Kier alpha value is -2.08. The summed E-state index contributed by atoms with van der Waals surface area (Å²) >= 11 is 0. The van der Waals surface area contributed by atoms with Gasteiger partial charge < -0.3 is 5.32 Å². The zero-order valence-corrected chi connectivity index (χ0v) is 11.6. The number of hydrogen-bond acceptors (Lipinski definition) is 2. The van der Waals surface area contributed by atoms with Gasteiger partial charge in [-0.1, -0.05) is 44.5 Å². The number of unbranched alkanes of at least 4 members (excludes halogenated alkanes) is 1. The van der Waals surface area contributed by atoms with Crippen LogP contribution in [0.1, 0.15) is 37.8 Å². The van der Waals surface area contributed by atoms with Crippen LogP contribution in [0.15, 0.2) is 29.8 Å². The van der Waals surface area contributed by atoms with Crippen molar-refractivity contribution in [3.05, 3.63) is 41.0 Å². The highest BCUT2D eigenvalue weighted by Gasteiger charge is 2.07. The van der Waals surface area contributed by atoms with Crippen LogP contribution in [-0.2, 0) is 11.2 Å². The second kappa shape index (κ2) is 8.10. The number of hydrogen-bond donors (Lipinski definition) is 1. The molecule has 1 amide bonds. The molecular formula is C16H20N2O. The molecule has 0 spiro atoms. The standard InChI is InChI=1S/C16H20N2O/c1-3-5-10-18-16(19)15(12-17)11-14-8-6-13(4-2)7-9-14/h6-9,11H,3-5,10H2,1-2H3,(H,18,19)/b15-11+. The van der Waals surface area contributed by atoms with Gasteiger partial charge in [-0.25, -0.2) is 0 Å². The van der Waals surface area contributed by atoms with E-state index in [1.165, 1.54) is 5.56 Å². The Balaban J connectivity index is 2.75. The van der Waals surface area contributed by atoms with Gasteiger partial charge in [0.1, 0.15) is 11.6 Å². The Bertz CT molecular complexity index is 480. The molecule has 0 saturated carbocycles. The average molecular weight is 256 g/mol. The number of rotatable bonds is 6. The molecule has 1 N–H and O–H groups in total. The third kappa shape index (κ3) is 4.97. The van der Waals surface area contributed by atoms with Crippen molar-refractivity contribution < 1.29 is 4.79 Å². The van der Waals surface area contributed by atoms with E-state index in [1.807, 2.05) is 30.3 Å². The Kier molecular flexibility index (Phi) is 6.38. The van der Waals surface area contributed by atoms with Gasteiger partial charge >= 0.3 is 0 Å². The van der Waals surface area contributed by atoms with E-state index in [2.05, 4.69) is 19.2 Å². The number of nitrogens with zero attached hydrogens (tertiary/aromatic N) is 1. The normalized spacial score (nSPS) is 10.9. The second-order valence-corrected chi connectivity index (χ2v) is 4.37. The van der Waals surface area contributed by atoms with E-state index in [0.717, 1.165) is 24.8 Å². The summed E-state index contributed by atoms with van der Waals surface area (Å²) in [5.41, 5.74) is 2.27. The number of benzene rings is 1. The maximum atomic E-state index is 11.8. The van der Waals surface area contributed by atoms with Gasteiger partial charge in [0.2, 0.25) is 0 Å². The van der Waals surface area contributed by atoms with Crippen molar-refractivity contribution in [3.8, 4) is 6.07 Å². The fourth-order valence-electron chi connectivity index (χ4n) is 1.64. The lowest BCUT2D eigenvalue weighted by Crippen LogP contribution is -2.25. The minimum Gasteiger partial charge on any atom is -0.351 e. The molecule has 1 rings (SSSR count). The van der Waals surface area contributed by atoms with Crippen LogP contribution in [-0.4, -0.2) is 12.5 Å². The molecular weight excluding hydrogens is 236 g/mol. The number of nitriles is 1. The maximum Gasteiger partial charge on any atom is 0.261 e. The molecule has 0 aromatic heterocycles. The first-order valence-corrected chi connectivity index (χ1v) is 6.70. The number of carbonyl (C=O) groups is 1. The number of nitrogens with one attached hydrogen (secondary N) is 1. The van der Waals surface area contributed by atoms with E-state index in [1.54, 1.807) is 6.08 Å². The fraction of sp³-hybridized carbons (Fsp3) is 0.375. The molecule has 0 radical (unpaired) electrons. The van der Waals surface area contributed by atoms with Crippen LogP contribution >= 0.6 is 0 Å². The summed E-state index contributed by atoms with van der Waals surface area (Å²) in [6.07, 6.45) is 4.55. The van der Waals surface area contributed by atoms with Gasteiger partial charge in [0.05, 0.1) is 0 Å². The van der Waals surface area contributed by atoms with Gasteiger partial charge in [-0.3, -0.25) is 4.79 Å². The first kappa shape index (κ1) is 15.0. The molecule has 0 saturated heterocycles. The zero-order valence-electron chi connectivity index (χ0n) is 11.6. The van der Waals surface area contributed by atoms with Crippen molar-refractivity contribution in [3.63, 3.8) is 0 Å². The van der Waals surface area contributed by atoms with Crippen molar-refractivity contribution in [2.45, 2.75) is 33.1 Å². The topological polar surface area (TPSA) is 52.9 Å². The molecule has 1 aromatic rings. The van der Waals surface area contributed by atoms with Gasteiger partial charge in [-0.15, -0.1) is 0 Å². The Morgan fingerprint density at radius 3 is 2.53 bits per heavy atom. The Morgan fingerprint density at radius 1 is 1.32 bits per heavy atom. The fourth-order valence-corrected chi connectivity index (χ4v) is 1.64. The average Bonchev–Trinajstić information content (AvgIpc) is 2.45. The minimum atomic E-state index is -0.296. The molecule has 0 aliphatic heterocycles. The molecule has 1 aromatic carbocycles. The Labute approximate surface area is 114 Å². The molecule has 0 heterocycles. The lowest BCUT2D eigenvalue weighted by Gasteiger charge is -2.03. The number of amides is 1. The first-order valence-electron chi connectivity index (χ1n) is 6.70. The largest absolute Gasteiger partial charge is 0.351 e. The zero-order chi connectivity index (χ0) is 14.1. The second-order valence-electron chi connectivity index (χ2n) is 4.37. The Morgan fingerprint density at radius 2 is 2.00 bits per heavy atom. The highest BCUT2D eigenvalue weighted by Crippen LogP contribution is 2.09. The van der Waals surface area contributed by atoms with Crippen molar-refractivity contribution in [1.29, 1.82) is 5.26 Å². The summed E-state index contributed by atoms with van der Waals surface area (Å²) in [5.74, 6) is -0.296.